The van der Waals surface area contributed by atoms with Crippen molar-refractivity contribution in [2.24, 2.45) is 5.92 Å². The van der Waals surface area contributed by atoms with Gasteiger partial charge in [-0.05, 0) is 80.1 Å². The lowest BCUT2D eigenvalue weighted by Crippen LogP contribution is -2.39. The topological polar surface area (TPSA) is 91.8 Å². The zero-order valence-corrected chi connectivity index (χ0v) is 24.9. The molecule has 2 fully saturated rings. The molecule has 3 atom stereocenters. The fourth-order valence-electron chi connectivity index (χ4n) is 5.35. The first-order chi connectivity index (χ1) is 20.2. The predicted octanol–water partition coefficient (Wildman–Crippen LogP) is 6.57. The van der Waals surface area contributed by atoms with Gasteiger partial charge in [0, 0.05) is 35.5 Å². The summed E-state index contributed by atoms with van der Waals surface area (Å²) in [5.74, 6) is -0.706. The molecular weight excluding hydrogens is 563 g/mol. The fraction of sp³-hybridized carbons (Fsp3) is 0.469. The highest BCUT2D eigenvalue weighted by molar-refractivity contribution is 6.04. The summed E-state index contributed by atoms with van der Waals surface area (Å²) in [4.78, 5) is 21.2. The Kier molecular flexibility index (Phi) is 8.52. The Balaban J connectivity index is 1.46. The number of pyridine rings is 2. The van der Waals surface area contributed by atoms with Crippen LogP contribution in [-0.4, -0.2) is 54.2 Å². The van der Waals surface area contributed by atoms with Crippen LogP contribution in [0.3, 0.4) is 0 Å². The third kappa shape index (κ3) is 7.00. The Labute approximate surface area is 248 Å². The lowest BCUT2D eigenvalue weighted by Gasteiger charge is -2.39. The van der Waals surface area contributed by atoms with Crippen LogP contribution in [0, 0.1) is 12.8 Å². The van der Waals surface area contributed by atoms with E-state index in [1.807, 2.05) is 39.0 Å². The molecule has 0 aliphatic carbocycles. The number of hydrogen-bond acceptors (Lipinski definition) is 7. The van der Waals surface area contributed by atoms with Crippen molar-refractivity contribution in [1.82, 2.24) is 9.97 Å². The number of nitrogens with one attached hydrogen (secondary N) is 1. The zero-order chi connectivity index (χ0) is 31.0. The Hall–Kier alpha value is -3.54. The molecule has 5 rings (SSSR count). The van der Waals surface area contributed by atoms with Crippen molar-refractivity contribution < 1.29 is 36.9 Å². The van der Waals surface area contributed by atoms with Gasteiger partial charge in [0.1, 0.15) is 18.4 Å². The van der Waals surface area contributed by atoms with Crippen LogP contribution < -0.4 is 10.1 Å². The van der Waals surface area contributed by atoms with Crippen molar-refractivity contribution in [3.8, 4) is 17.0 Å². The second-order valence-electron chi connectivity index (χ2n) is 11.9. The molecule has 1 N–H and O–H groups in total. The molecular formula is C32H36F3N3O5. The molecule has 0 radical (unpaired) electrons. The minimum Gasteiger partial charge on any atom is -0.475 e. The number of nitrogens with zero attached hydrogens (tertiary/aromatic N) is 2. The molecule has 2 aliphatic rings. The number of rotatable bonds is 7. The Bertz CT molecular complexity index is 1500. The summed E-state index contributed by atoms with van der Waals surface area (Å²) in [6, 6.07) is 11.2. The van der Waals surface area contributed by atoms with Gasteiger partial charge in [0.25, 0.3) is 5.91 Å². The number of carbonyl (C=O) groups is 1. The normalized spacial score (nSPS) is 23.6. The van der Waals surface area contributed by atoms with Gasteiger partial charge in [-0.25, -0.2) is 4.98 Å². The number of benzene rings is 1. The number of hydrogen-bond donors (Lipinski definition) is 1. The Morgan fingerprint density at radius 2 is 1.91 bits per heavy atom. The molecule has 2 saturated heterocycles. The van der Waals surface area contributed by atoms with Crippen LogP contribution in [0.25, 0.3) is 11.1 Å². The number of aryl methyl sites for hydroxylation is 1. The van der Waals surface area contributed by atoms with Crippen molar-refractivity contribution in [2.75, 3.05) is 31.7 Å². The van der Waals surface area contributed by atoms with Gasteiger partial charge < -0.3 is 24.3 Å². The molecule has 230 valence electrons. The summed E-state index contributed by atoms with van der Waals surface area (Å²) in [7, 11) is 0. The minimum absolute atomic E-state index is 0.144. The molecule has 43 heavy (non-hydrogen) atoms. The summed E-state index contributed by atoms with van der Waals surface area (Å²) in [5.41, 5.74) is 2.35. The predicted molar refractivity (Wildman–Crippen MR) is 154 cm³/mol. The van der Waals surface area contributed by atoms with E-state index in [1.165, 1.54) is 6.07 Å². The van der Waals surface area contributed by atoms with Crippen LogP contribution in [0.5, 0.6) is 5.88 Å². The molecule has 2 aliphatic heterocycles. The van der Waals surface area contributed by atoms with E-state index >= 15 is 0 Å². The van der Waals surface area contributed by atoms with E-state index in [-0.39, 0.29) is 29.6 Å². The molecule has 0 bridgehead atoms. The molecule has 1 amide bonds. The maximum Gasteiger partial charge on any atom is 0.433 e. The summed E-state index contributed by atoms with van der Waals surface area (Å²) in [6.07, 6.45) is -3.14. The van der Waals surface area contributed by atoms with Gasteiger partial charge in [0.2, 0.25) is 5.88 Å². The number of alkyl halides is 3. The van der Waals surface area contributed by atoms with Crippen LogP contribution in [0.2, 0.25) is 0 Å². The average molecular weight is 600 g/mol. The smallest absolute Gasteiger partial charge is 0.433 e. The first-order valence-electron chi connectivity index (χ1n) is 14.2. The van der Waals surface area contributed by atoms with Crippen LogP contribution in [0.15, 0.2) is 48.7 Å². The molecule has 11 heteroatoms. The average Bonchev–Trinajstić information content (AvgIpc) is 3.32. The third-order valence-electron chi connectivity index (χ3n) is 8.21. The largest absolute Gasteiger partial charge is 0.475 e. The fourth-order valence-corrected chi connectivity index (χ4v) is 5.35. The van der Waals surface area contributed by atoms with E-state index in [2.05, 4.69) is 24.1 Å². The molecule has 2 unspecified atom stereocenters. The van der Waals surface area contributed by atoms with E-state index in [0.29, 0.717) is 31.4 Å². The summed E-state index contributed by atoms with van der Waals surface area (Å²) < 4.78 is 62.9. The van der Waals surface area contributed by atoms with Gasteiger partial charge in [0.15, 0.2) is 5.79 Å². The number of ether oxygens (including phenoxy) is 4. The van der Waals surface area contributed by atoms with Gasteiger partial charge in [-0.2, -0.15) is 13.2 Å². The highest BCUT2D eigenvalue weighted by Crippen LogP contribution is 2.41. The minimum atomic E-state index is -4.65. The second kappa shape index (κ2) is 11.9. The van der Waals surface area contributed by atoms with Crippen LogP contribution in [0.4, 0.5) is 18.9 Å². The van der Waals surface area contributed by atoms with Crippen molar-refractivity contribution in [3.05, 3.63) is 71.2 Å². The van der Waals surface area contributed by atoms with Crippen molar-refractivity contribution in [2.45, 2.75) is 64.5 Å². The standard InChI is InChI=1S/C32H36F3N3O5/c1-19-6-7-23(37-29(39)21-8-10-36-27(12-21)32(33,34)35)15-25(19)22-13-26(31(5)9-11-40-16-20(31)2)38-28(14-22)41-17-24-18-42-30(3,4)43-24/h6-8,10,12-15,20,24H,9,11,16-18H2,1-5H3,(H,37,39)/t20?,24-,31?/m0/s1. The van der Waals surface area contributed by atoms with Gasteiger partial charge in [0.05, 0.1) is 18.9 Å². The Morgan fingerprint density at radius 1 is 1.12 bits per heavy atom. The van der Waals surface area contributed by atoms with Gasteiger partial charge in [-0.3, -0.25) is 9.78 Å². The third-order valence-corrected chi connectivity index (χ3v) is 8.21. The molecule has 3 aromatic rings. The van der Waals surface area contributed by atoms with Crippen molar-refractivity contribution in [1.29, 1.82) is 0 Å². The van der Waals surface area contributed by atoms with E-state index in [1.54, 1.807) is 12.1 Å². The molecule has 0 saturated carbocycles. The molecule has 2 aromatic heterocycles. The number of anilines is 1. The summed E-state index contributed by atoms with van der Waals surface area (Å²) >= 11 is 0. The van der Waals surface area contributed by atoms with Crippen molar-refractivity contribution in [3.63, 3.8) is 0 Å². The lowest BCUT2D eigenvalue weighted by molar-refractivity contribution is -0.142. The van der Waals surface area contributed by atoms with Crippen molar-refractivity contribution >= 4 is 11.6 Å². The number of amides is 1. The van der Waals surface area contributed by atoms with Crippen LogP contribution >= 0.6 is 0 Å². The van der Waals surface area contributed by atoms with Gasteiger partial charge in [-0.1, -0.05) is 19.9 Å². The maximum atomic E-state index is 13.1. The summed E-state index contributed by atoms with van der Waals surface area (Å²) in [6.45, 7) is 11.9. The molecule has 1 aromatic carbocycles. The van der Waals surface area contributed by atoms with Gasteiger partial charge >= 0.3 is 6.18 Å². The monoisotopic (exact) mass is 599 g/mol. The van der Waals surface area contributed by atoms with E-state index in [0.717, 1.165) is 41.1 Å². The second-order valence-corrected chi connectivity index (χ2v) is 11.9. The first kappa shape index (κ1) is 30.9. The lowest BCUT2D eigenvalue weighted by atomic mass is 9.71. The highest BCUT2D eigenvalue weighted by atomic mass is 19.4. The van der Waals surface area contributed by atoms with E-state index in [9.17, 15) is 18.0 Å². The SMILES string of the molecule is Cc1ccc(NC(=O)c2ccnc(C(F)(F)F)c2)cc1-c1cc(OC[C@H]2COC(C)(C)O2)nc(C2(C)CCOCC2C)c1. The van der Waals surface area contributed by atoms with Crippen LogP contribution in [-0.2, 0) is 25.8 Å². The van der Waals surface area contributed by atoms with E-state index < -0.39 is 23.6 Å². The number of aromatic nitrogens is 2. The number of carbonyl (C=O) groups excluding carboxylic acids is 1. The quantitative estimate of drug-likeness (QED) is 0.329. The highest BCUT2D eigenvalue weighted by Gasteiger charge is 2.38. The molecule has 8 nitrogen and oxygen atoms in total. The van der Waals surface area contributed by atoms with Crippen LogP contribution in [0.1, 0.15) is 61.4 Å². The first-order valence-corrected chi connectivity index (χ1v) is 14.2. The van der Waals surface area contributed by atoms with E-state index in [4.69, 9.17) is 23.9 Å². The molecule has 0 spiro atoms. The maximum absolute atomic E-state index is 13.1. The number of halogens is 3. The molecule has 4 heterocycles. The van der Waals surface area contributed by atoms with Gasteiger partial charge in [-0.15, -0.1) is 0 Å². The summed E-state index contributed by atoms with van der Waals surface area (Å²) in [5, 5.41) is 2.72. The zero-order valence-electron chi connectivity index (χ0n) is 24.9. The Morgan fingerprint density at radius 3 is 2.60 bits per heavy atom.